The predicted octanol–water partition coefficient (Wildman–Crippen LogP) is 4.39. The minimum absolute atomic E-state index is 0.0108. The van der Waals surface area contributed by atoms with Crippen LogP contribution >= 0.6 is 11.6 Å². The highest BCUT2D eigenvalue weighted by Gasteiger charge is 2.31. The Labute approximate surface area is 188 Å². The number of sulfonamides is 1. The zero-order valence-corrected chi connectivity index (χ0v) is 18.1. The summed E-state index contributed by atoms with van der Waals surface area (Å²) in [5.74, 6) is -2.17. The maximum absolute atomic E-state index is 13.6. The second-order valence-corrected chi connectivity index (χ2v) is 9.28. The summed E-state index contributed by atoms with van der Waals surface area (Å²) in [5, 5.41) is 2.19. The van der Waals surface area contributed by atoms with E-state index in [9.17, 15) is 22.0 Å². The lowest BCUT2D eigenvalue weighted by molar-refractivity contribution is -0.118. The molecule has 1 N–H and O–H groups in total. The fourth-order valence-corrected chi connectivity index (χ4v) is 5.20. The van der Waals surface area contributed by atoms with E-state index >= 15 is 0 Å². The summed E-state index contributed by atoms with van der Waals surface area (Å²) >= 11 is 6.18. The molecule has 0 aliphatic carbocycles. The zero-order chi connectivity index (χ0) is 22.9. The molecule has 1 aliphatic heterocycles. The summed E-state index contributed by atoms with van der Waals surface area (Å²) in [6, 6.07) is 13.9. The summed E-state index contributed by atoms with van der Waals surface area (Å²) < 4.78 is 59.7. The fraction of sp³-hybridized carbons (Fsp3) is 0.136. The van der Waals surface area contributed by atoms with E-state index in [0.717, 1.165) is 23.8 Å². The average Bonchev–Trinajstić information content (AvgIpc) is 3.20. The molecule has 166 valence electrons. The SMILES string of the molecule is O=C(COc1ccc(S(=O)(=O)N2CCc3ccccc32)cc1Cl)Nc1cc(F)ccc1F. The molecule has 3 aromatic carbocycles. The van der Waals surface area contributed by atoms with Gasteiger partial charge in [0, 0.05) is 12.6 Å². The normalized spacial score (nSPS) is 13.0. The van der Waals surface area contributed by atoms with Gasteiger partial charge in [0.15, 0.2) is 6.61 Å². The number of ether oxygens (including phenoxy) is 1. The highest BCUT2D eigenvalue weighted by molar-refractivity contribution is 7.92. The van der Waals surface area contributed by atoms with Gasteiger partial charge in [-0.25, -0.2) is 17.2 Å². The molecule has 1 aliphatic rings. The third-order valence-corrected chi connectivity index (χ3v) is 7.00. The topological polar surface area (TPSA) is 75.7 Å². The van der Waals surface area contributed by atoms with Gasteiger partial charge in [0.1, 0.15) is 17.4 Å². The Bertz CT molecular complexity index is 1300. The third-order valence-electron chi connectivity index (χ3n) is 4.90. The first-order valence-electron chi connectivity index (χ1n) is 9.53. The maximum Gasteiger partial charge on any atom is 0.264 e. The van der Waals surface area contributed by atoms with Crippen molar-refractivity contribution in [3.63, 3.8) is 0 Å². The van der Waals surface area contributed by atoms with Crippen LogP contribution in [0.2, 0.25) is 5.02 Å². The Morgan fingerprint density at radius 2 is 1.88 bits per heavy atom. The second kappa shape index (κ2) is 8.76. The van der Waals surface area contributed by atoms with E-state index in [2.05, 4.69) is 5.32 Å². The first-order valence-corrected chi connectivity index (χ1v) is 11.4. The van der Waals surface area contributed by atoms with Gasteiger partial charge in [-0.2, -0.15) is 0 Å². The minimum Gasteiger partial charge on any atom is -0.482 e. The maximum atomic E-state index is 13.6. The van der Waals surface area contributed by atoms with Gasteiger partial charge in [-0.3, -0.25) is 9.10 Å². The summed E-state index contributed by atoms with van der Waals surface area (Å²) in [6.45, 7) is -0.213. The summed E-state index contributed by atoms with van der Waals surface area (Å²) in [6.07, 6.45) is 0.616. The van der Waals surface area contributed by atoms with Crippen LogP contribution in [-0.4, -0.2) is 27.5 Å². The van der Waals surface area contributed by atoms with Crippen LogP contribution in [0, 0.1) is 11.6 Å². The Hall–Kier alpha value is -3.17. The summed E-state index contributed by atoms with van der Waals surface area (Å²) in [4.78, 5) is 12.0. The molecule has 0 atom stereocenters. The molecular formula is C22H17ClF2N2O4S. The highest BCUT2D eigenvalue weighted by atomic mass is 35.5. The Balaban J connectivity index is 1.45. The molecule has 0 saturated heterocycles. The highest BCUT2D eigenvalue weighted by Crippen LogP contribution is 2.35. The van der Waals surface area contributed by atoms with Crippen LogP contribution < -0.4 is 14.4 Å². The summed E-state index contributed by atoms with van der Waals surface area (Å²) in [5.41, 5.74) is 1.25. The molecule has 4 rings (SSSR count). The van der Waals surface area contributed by atoms with E-state index in [-0.39, 0.29) is 21.4 Å². The largest absolute Gasteiger partial charge is 0.482 e. The van der Waals surface area contributed by atoms with E-state index in [0.29, 0.717) is 18.7 Å². The van der Waals surface area contributed by atoms with Gasteiger partial charge in [-0.1, -0.05) is 29.8 Å². The van der Waals surface area contributed by atoms with Crippen LogP contribution in [-0.2, 0) is 21.2 Å². The molecule has 0 aromatic heterocycles. The zero-order valence-electron chi connectivity index (χ0n) is 16.5. The number of carbonyl (C=O) groups excluding carboxylic acids is 1. The number of para-hydroxylation sites is 1. The number of halogens is 3. The van der Waals surface area contributed by atoms with Crippen molar-refractivity contribution >= 4 is 38.9 Å². The van der Waals surface area contributed by atoms with Crippen LogP contribution in [0.25, 0.3) is 0 Å². The van der Waals surface area contributed by atoms with Gasteiger partial charge < -0.3 is 10.1 Å². The van der Waals surface area contributed by atoms with Crippen LogP contribution in [0.1, 0.15) is 5.56 Å². The number of anilines is 2. The van der Waals surface area contributed by atoms with Crippen molar-refractivity contribution in [3.05, 3.63) is 82.9 Å². The molecule has 0 bridgehead atoms. The molecule has 1 heterocycles. The van der Waals surface area contributed by atoms with Crippen LogP contribution in [0.5, 0.6) is 5.75 Å². The number of benzene rings is 3. The lowest BCUT2D eigenvalue weighted by atomic mass is 10.2. The summed E-state index contributed by atoms with van der Waals surface area (Å²) in [7, 11) is -3.84. The van der Waals surface area contributed by atoms with E-state index in [1.54, 1.807) is 12.1 Å². The molecule has 3 aromatic rings. The molecule has 1 amide bonds. The molecule has 0 fully saturated rings. The van der Waals surface area contributed by atoms with Gasteiger partial charge in [0.05, 0.1) is 21.3 Å². The number of hydrogen-bond donors (Lipinski definition) is 1. The molecule has 6 nitrogen and oxygen atoms in total. The van der Waals surface area contributed by atoms with Gasteiger partial charge in [-0.15, -0.1) is 0 Å². The van der Waals surface area contributed by atoms with Crippen molar-refractivity contribution in [2.24, 2.45) is 0 Å². The number of nitrogens with zero attached hydrogens (tertiary/aromatic N) is 1. The number of hydrogen-bond acceptors (Lipinski definition) is 4. The molecular weight excluding hydrogens is 462 g/mol. The Kier molecular flexibility index (Phi) is 6.03. The monoisotopic (exact) mass is 478 g/mol. The predicted molar refractivity (Wildman–Crippen MR) is 117 cm³/mol. The van der Waals surface area contributed by atoms with Crippen LogP contribution in [0.4, 0.5) is 20.2 Å². The average molecular weight is 479 g/mol. The van der Waals surface area contributed by atoms with Crippen molar-refractivity contribution in [2.45, 2.75) is 11.3 Å². The van der Waals surface area contributed by atoms with Crippen molar-refractivity contribution < 1.29 is 26.7 Å². The molecule has 0 spiro atoms. The van der Waals surface area contributed by atoms with Crippen molar-refractivity contribution in [2.75, 3.05) is 22.8 Å². The number of carbonyl (C=O) groups is 1. The molecule has 0 radical (unpaired) electrons. The smallest absolute Gasteiger partial charge is 0.264 e. The first kappa shape index (κ1) is 22.0. The molecule has 0 unspecified atom stereocenters. The lowest BCUT2D eigenvalue weighted by Crippen LogP contribution is -2.29. The van der Waals surface area contributed by atoms with Crippen molar-refractivity contribution in [1.82, 2.24) is 0 Å². The fourth-order valence-electron chi connectivity index (χ4n) is 3.37. The number of rotatable bonds is 6. The van der Waals surface area contributed by atoms with E-state index in [1.165, 1.54) is 22.5 Å². The molecule has 0 saturated carbocycles. The van der Waals surface area contributed by atoms with E-state index < -0.39 is 34.2 Å². The minimum atomic E-state index is -3.84. The van der Waals surface area contributed by atoms with Crippen LogP contribution in [0.3, 0.4) is 0 Å². The second-order valence-electron chi connectivity index (χ2n) is 7.01. The van der Waals surface area contributed by atoms with Gasteiger partial charge in [0.25, 0.3) is 15.9 Å². The quantitative estimate of drug-likeness (QED) is 0.570. The Morgan fingerprint density at radius 3 is 2.66 bits per heavy atom. The number of fused-ring (bicyclic) bond motifs is 1. The standard InChI is InChI=1S/C22H17ClF2N2O4S/c23-17-12-16(32(29,30)27-10-9-14-3-1-2-4-20(14)27)6-8-21(17)31-13-22(28)26-19-11-15(24)5-7-18(19)25/h1-8,11-12H,9-10,13H2,(H,26,28). The first-order chi connectivity index (χ1) is 15.3. The molecule has 10 heteroatoms. The van der Waals surface area contributed by atoms with E-state index in [4.69, 9.17) is 16.3 Å². The lowest BCUT2D eigenvalue weighted by Gasteiger charge is -2.20. The van der Waals surface area contributed by atoms with Crippen molar-refractivity contribution in [1.29, 1.82) is 0 Å². The third kappa shape index (κ3) is 4.39. The number of amides is 1. The van der Waals surface area contributed by atoms with E-state index in [1.807, 2.05) is 12.1 Å². The Morgan fingerprint density at radius 1 is 1.09 bits per heavy atom. The van der Waals surface area contributed by atoms with Gasteiger partial charge >= 0.3 is 0 Å². The molecule has 32 heavy (non-hydrogen) atoms. The van der Waals surface area contributed by atoms with Crippen molar-refractivity contribution in [3.8, 4) is 5.75 Å². The van der Waals surface area contributed by atoms with Gasteiger partial charge in [-0.05, 0) is 48.4 Å². The van der Waals surface area contributed by atoms with Gasteiger partial charge in [0.2, 0.25) is 0 Å². The number of nitrogens with one attached hydrogen (secondary N) is 1. The van der Waals surface area contributed by atoms with Crippen LogP contribution in [0.15, 0.2) is 65.6 Å².